The number of amides is 3. The second kappa shape index (κ2) is 10.2. The lowest BCUT2D eigenvalue weighted by Crippen LogP contribution is -2.48. The zero-order valence-electron chi connectivity index (χ0n) is 19.5. The number of imide groups is 1. The first-order chi connectivity index (χ1) is 17.1. The maximum Gasteiger partial charge on any atom is 0.261 e. The number of fused-ring (bicyclic) bond motifs is 1. The molecule has 5 rings (SSSR count). The summed E-state index contributed by atoms with van der Waals surface area (Å²) >= 11 is 0. The van der Waals surface area contributed by atoms with E-state index >= 15 is 0 Å². The number of carbonyl (C=O) groups is 3. The lowest BCUT2D eigenvalue weighted by Gasteiger charge is -2.34. The van der Waals surface area contributed by atoms with Crippen molar-refractivity contribution >= 4 is 17.7 Å². The van der Waals surface area contributed by atoms with E-state index in [4.69, 9.17) is 4.42 Å². The van der Waals surface area contributed by atoms with Crippen LogP contribution in [0.25, 0.3) is 0 Å². The van der Waals surface area contributed by atoms with Gasteiger partial charge in [0.2, 0.25) is 0 Å². The highest BCUT2D eigenvalue weighted by Gasteiger charge is 2.36. The lowest BCUT2D eigenvalue weighted by atomic mass is 10.1. The smallest absolute Gasteiger partial charge is 0.261 e. The molecule has 1 N–H and O–H groups in total. The molecule has 3 aromatic rings. The largest absolute Gasteiger partial charge is 0.467 e. The van der Waals surface area contributed by atoms with Crippen LogP contribution < -0.4 is 5.32 Å². The first-order valence-corrected chi connectivity index (χ1v) is 11.9. The van der Waals surface area contributed by atoms with E-state index in [0.717, 1.165) is 44.2 Å². The molecule has 0 radical (unpaired) electrons. The SMILES string of the molecule is O=C(NCCN1CCN(Cc2ccccc2)CC1)c1ccc2c(c1)C(=O)N(Cc1ccco1)C2=O. The van der Waals surface area contributed by atoms with Crippen LogP contribution in [0.5, 0.6) is 0 Å². The Balaban J connectivity index is 1.10. The minimum Gasteiger partial charge on any atom is -0.467 e. The predicted octanol–water partition coefficient (Wildman–Crippen LogP) is 2.62. The Morgan fingerprint density at radius 2 is 1.57 bits per heavy atom. The van der Waals surface area contributed by atoms with Gasteiger partial charge in [0, 0.05) is 51.4 Å². The summed E-state index contributed by atoms with van der Waals surface area (Å²) in [5.74, 6) is -0.511. The molecule has 0 spiro atoms. The summed E-state index contributed by atoms with van der Waals surface area (Å²) in [6.45, 7) is 6.24. The molecule has 2 aliphatic rings. The Bertz CT molecular complexity index is 1200. The first kappa shape index (κ1) is 23.0. The molecule has 3 heterocycles. The average Bonchev–Trinajstić information content (AvgIpc) is 3.48. The highest BCUT2D eigenvalue weighted by molar-refractivity contribution is 6.22. The molecular weight excluding hydrogens is 444 g/mol. The van der Waals surface area contributed by atoms with E-state index in [9.17, 15) is 14.4 Å². The van der Waals surface area contributed by atoms with Gasteiger partial charge in [0.25, 0.3) is 17.7 Å². The number of nitrogens with zero attached hydrogens (tertiary/aromatic N) is 3. The lowest BCUT2D eigenvalue weighted by molar-refractivity contribution is 0.0631. The molecule has 1 aromatic heterocycles. The van der Waals surface area contributed by atoms with E-state index < -0.39 is 5.91 Å². The molecular formula is C27H28N4O4. The van der Waals surface area contributed by atoms with E-state index in [1.807, 2.05) is 6.07 Å². The molecule has 3 amide bonds. The molecule has 2 aromatic carbocycles. The van der Waals surface area contributed by atoms with Crippen molar-refractivity contribution in [3.8, 4) is 0 Å². The Kier molecular flexibility index (Phi) is 6.74. The van der Waals surface area contributed by atoms with Crippen molar-refractivity contribution in [2.24, 2.45) is 0 Å². The van der Waals surface area contributed by atoms with Gasteiger partial charge in [0.1, 0.15) is 5.76 Å². The van der Waals surface area contributed by atoms with Crippen molar-refractivity contribution < 1.29 is 18.8 Å². The van der Waals surface area contributed by atoms with Gasteiger partial charge >= 0.3 is 0 Å². The number of benzene rings is 2. The topological polar surface area (TPSA) is 86.1 Å². The number of hydrogen-bond donors (Lipinski definition) is 1. The second-order valence-electron chi connectivity index (χ2n) is 8.90. The Labute approximate surface area is 204 Å². The van der Waals surface area contributed by atoms with Gasteiger partial charge in [-0.1, -0.05) is 30.3 Å². The number of rotatable bonds is 8. The molecule has 0 bridgehead atoms. The number of carbonyl (C=O) groups excluding carboxylic acids is 3. The van der Waals surface area contributed by atoms with Gasteiger partial charge in [0.05, 0.1) is 23.9 Å². The van der Waals surface area contributed by atoms with E-state index in [-0.39, 0.29) is 23.9 Å². The Morgan fingerprint density at radius 1 is 0.829 bits per heavy atom. The number of hydrogen-bond acceptors (Lipinski definition) is 6. The summed E-state index contributed by atoms with van der Waals surface area (Å²) in [5.41, 5.74) is 2.26. The molecule has 180 valence electrons. The summed E-state index contributed by atoms with van der Waals surface area (Å²) < 4.78 is 5.26. The normalized spacial score (nSPS) is 16.5. The average molecular weight is 473 g/mol. The van der Waals surface area contributed by atoms with Crippen LogP contribution in [0.3, 0.4) is 0 Å². The van der Waals surface area contributed by atoms with E-state index in [2.05, 4.69) is 39.4 Å². The standard InChI is InChI=1S/C27H28N4O4/c32-25(28-10-11-29-12-14-30(15-13-29)18-20-5-2-1-3-6-20)21-8-9-23-24(17-21)27(34)31(26(23)33)19-22-7-4-16-35-22/h1-9,16-17H,10-15,18-19H2,(H,28,32). The summed E-state index contributed by atoms with van der Waals surface area (Å²) in [6.07, 6.45) is 1.50. The number of furan rings is 1. The summed E-state index contributed by atoms with van der Waals surface area (Å²) in [6, 6.07) is 18.6. The monoisotopic (exact) mass is 472 g/mol. The van der Waals surface area contributed by atoms with Crippen LogP contribution in [0.2, 0.25) is 0 Å². The molecule has 35 heavy (non-hydrogen) atoms. The van der Waals surface area contributed by atoms with Crippen LogP contribution in [0.1, 0.15) is 42.4 Å². The van der Waals surface area contributed by atoms with Crippen molar-refractivity contribution in [2.75, 3.05) is 39.3 Å². The van der Waals surface area contributed by atoms with Crippen LogP contribution in [-0.2, 0) is 13.1 Å². The van der Waals surface area contributed by atoms with Gasteiger partial charge in [-0.15, -0.1) is 0 Å². The Hall–Kier alpha value is -3.75. The van der Waals surface area contributed by atoms with Crippen molar-refractivity contribution in [2.45, 2.75) is 13.1 Å². The minimum absolute atomic E-state index is 0.0689. The maximum absolute atomic E-state index is 12.8. The third-order valence-electron chi connectivity index (χ3n) is 6.55. The van der Waals surface area contributed by atoms with Gasteiger partial charge in [-0.25, -0.2) is 0 Å². The van der Waals surface area contributed by atoms with Crippen molar-refractivity contribution in [3.63, 3.8) is 0 Å². The summed E-state index contributed by atoms with van der Waals surface area (Å²) in [5, 5.41) is 2.94. The highest BCUT2D eigenvalue weighted by Crippen LogP contribution is 2.25. The van der Waals surface area contributed by atoms with Crippen molar-refractivity contribution in [1.29, 1.82) is 0 Å². The van der Waals surface area contributed by atoms with Gasteiger partial charge < -0.3 is 9.73 Å². The van der Waals surface area contributed by atoms with Crippen LogP contribution in [0.4, 0.5) is 0 Å². The minimum atomic E-state index is -0.413. The fourth-order valence-corrected chi connectivity index (χ4v) is 4.58. The van der Waals surface area contributed by atoms with Gasteiger partial charge in [-0.2, -0.15) is 0 Å². The highest BCUT2D eigenvalue weighted by atomic mass is 16.3. The summed E-state index contributed by atoms with van der Waals surface area (Å²) in [7, 11) is 0. The van der Waals surface area contributed by atoms with E-state index in [1.165, 1.54) is 17.9 Å². The third-order valence-corrected chi connectivity index (χ3v) is 6.55. The van der Waals surface area contributed by atoms with Gasteiger partial charge in [0.15, 0.2) is 0 Å². The van der Waals surface area contributed by atoms with Gasteiger partial charge in [-0.05, 0) is 35.9 Å². The molecule has 0 aliphatic carbocycles. The number of nitrogens with one attached hydrogen (secondary N) is 1. The van der Waals surface area contributed by atoms with Crippen LogP contribution in [0, 0.1) is 0 Å². The predicted molar refractivity (Wildman–Crippen MR) is 130 cm³/mol. The maximum atomic E-state index is 12.8. The molecule has 0 saturated carbocycles. The molecule has 8 nitrogen and oxygen atoms in total. The quantitative estimate of drug-likeness (QED) is 0.508. The third kappa shape index (κ3) is 5.18. The van der Waals surface area contributed by atoms with Crippen LogP contribution in [-0.4, -0.2) is 71.7 Å². The molecule has 8 heteroatoms. The zero-order valence-corrected chi connectivity index (χ0v) is 19.5. The van der Waals surface area contributed by atoms with E-state index in [0.29, 0.717) is 23.4 Å². The molecule has 1 saturated heterocycles. The zero-order chi connectivity index (χ0) is 24.2. The van der Waals surface area contributed by atoms with E-state index in [1.54, 1.807) is 24.3 Å². The van der Waals surface area contributed by atoms with Crippen molar-refractivity contribution in [3.05, 3.63) is 94.9 Å². The molecule has 1 fully saturated rings. The summed E-state index contributed by atoms with van der Waals surface area (Å²) in [4.78, 5) is 44.1. The fraction of sp³-hybridized carbons (Fsp3) is 0.296. The van der Waals surface area contributed by atoms with Crippen LogP contribution in [0.15, 0.2) is 71.3 Å². The molecule has 2 aliphatic heterocycles. The molecule has 0 unspecified atom stereocenters. The Morgan fingerprint density at radius 3 is 2.31 bits per heavy atom. The van der Waals surface area contributed by atoms with Crippen molar-refractivity contribution in [1.82, 2.24) is 20.0 Å². The van der Waals surface area contributed by atoms with Gasteiger partial charge in [-0.3, -0.25) is 29.1 Å². The number of piperazine rings is 1. The first-order valence-electron chi connectivity index (χ1n) is 11.9. The fourth-order valence-electron chi connectivity index (χ4n) is 4.58. The molecule has 0 atom stereocenters. The second-order valence-corrected chi connectivity index (χ2v) is 8.90. The van der Waals surface area contributed by atoms with Crippen LogP contribution >= 0.6 is 0 Å².